The summed E-state index contributed by atoms with van der Waals surface area (Å²) in [4.78, 5) is 11.1. The molecule has 0 bridgehead atoms. The van der Waals surface area contributed by atoms with E-state index in [0.29, 0.717) is 10.9 Å². The second kappa shape index (κ2) is 5.90. The number of ether oxygens (including phenoxy) is 1. The molecular formula is C13H17ClO2. The number of esters is 1. The third-order valence-corrected chi connectivity index (χ3v) is 2.59. The zero-order valence-corrected chi connectivity index (χ0v) is 10.6. The summed E-state index contributed by atoms with van der Waals surface area (Å²) >= 11 is 6.09. The lowest BCUT2D eigenvalue weighted by molar-refractivity contribution is -0.147. The maximum Gasteiger partial charge on any atom is 0.303 e. The van der Waals surface area contributed by atoms with Gasteiger partial charge in [-0.1, -0.05) is 43.6 Å². The number of hydrogen-bond donors (Lipinski definition) is 0. The summed E-state index contributed by atoms with van der Waals surface area (Å²) in [6.45, 7) is 5.60. The monoisotopic (exact) mass is 240 g/mol. The van der Waals surface area contributed by atoms with Crippen LogP contribution in [0.3, 0.4) is 0 Å². The lowest BCUT2D eigenvalue weighted by atomic mass is 9.99. The minimum atomic E-state index is -0.273. The molecule has 1 aromatic carbocycles. The average Bonchev–Trinajstić information content (AvgIpc) is 2.15. The highest BCUT2D eigenvalue weighted by Gasteiger charge is 2.18. The molecule has 0 N–H and O–H groups in total. The van der Waals surface area contributed by atoms with Crippen molar-refractivity contribution in [3.8, 4) is 0 Å². The van der Waals surface area contributed by atoms with Gasteiger partial charge in [-0.3, -0.25) is 4.79 Å². The van der Waals surface area contributed by atoms with Gasteiger partial charge in [0, 0.05) is 17.5 Å². The highest BCUT2D eigenvalue weighted by molar-refractivity contribution is 6.31. The third kappa shape index (κ3) is 3.86. The molecule has 2 nitrogen and oxygen atoms in total. The Hall–Kier alpha value is -1.02. The van der Waals surface area contributed by atoms with Gasteiger partial charge in [-0.15, -0.1) is 0 Å². The highest BCUT2D eigenvalue weighted by Crippen LogP contribution is 2.30. The molecule has 0 radical (unpaired) electrons. The van der Waals surface area contributed by atoms with Crippen molar-refractivity contribution in [3.05, 3.63) is 34.9 Å². The lowest BCUT2D eigenvalue weighted by Crippen LogP contribution is -2.11. The summed E-state index contributed by atoms with van der Waals surface area (Å²) in [6, 6.07) is 7.48. The number of carbonyl (C=O) groups is 1. The molecule has 0 heterocycles. The molecule has 0 spiro atoms. The summed E-state index contributed by atoms with van der Waals surface area (Å²) < 4.78 is 5.30. The molecular weight excluding hydrogens is 224 g/mol. The predicted molar refractivity (Wildman–Crippen MR) is 65.4 cm³/mol. The van der Waals surface area contributed by atoms with Crippen molar-refractivity contribution in [2.24, 2.45) is 5.92 Å². The van der Waals surface area contributed by atoms with E-state index in [0.717, 1.165) is 12.0 Å². The topological polar surface area (TPSA) is 26.3 Å². The van der Waals surface area contributed by atoms with Crippen molar-refractivity contribution >= 4 is 17.6 Å². The first kappa shape index (κ1) is 13.0. The van der Waals surface area contributed by atoms with E-state index >= 15 is 0 Å². The molecule has 0 saturated heterocycles. The van der Waals surface area contributed by atoms with Crippen LogP contribution in [-0.2, 0) is 9.53 Å². The molecule has 88 valence electrons. The Morgan fingerprint density at radius 1 is 1.38 bits per heavy atom. The van der Waals surface area contributed by atoms with E-state index in [4.69, 9.17) is 16.3 Å². The van der Waals surface area contributed by atoms with Gasteiger partial charge in [-0.25, -0.2) is 0 Å². The summed E-state index contributed by atoms with van der Waals surface area (Å²) in [6.07, 6.45) is 0.537. The largest absolute Gasteiger partial charge is 0.458 e. The SMILES string of the molecule is CC(=O)O[C@@H](CC(C)C)c1ccccc1Cl. The first-order chi connectivity index (χ1) is 7.50. The van der Waals surface area contributed by atoms with Gasteiger partial charge in [-0.05, 0) is 18.4 Å². The molecule has 1 rings (SSSR count). The fourth-order valence-corrected chi connectivity index (χ4v) is 1.86. The van der Waals surface area contributed by atoms with Gasteiger partial charge in [0.2, 0.25) is 0 Å². The van der Waals surface area contributed by atoms with Crippen LogP contribution in [0.25, 0.3) is 0 Å². The van der Waals surface area contributed by atoms with Crippen LogP contribution in [0.2, 0.25) is 5.02 Å². The molecule has 1 atom stereocenters. The van der Waals surface area contributed by atoms with Crippen LogP contribution in [0.4, 0.5) is 0 Å². The molecule has 16 heavy (non-hydrogen) atoms. The Balaban J connectivity index is 2.91. The average molecular weight is 241 g/mol. The number of rotatable bonds is 4. The van der Waals surface area contributed by atoms with Crippen LogP contribution in [-0.4, -0.2) is 5.97 Å². The van der Waals surface area contributed by atoms with Crippen molar-refractivity contribution in [1.29, 1.82) is 0 Å². The first-order valence-corrected chi connectivity index (χ1v) is 5.80. The Labute approximate surface area is 102 Å². The number of carbonyl (C=O) groups excluding carboxylic acids is 1. The van der Waals surface area contributed by atoms with Gasteiger partial charge in [-0.2, -0.15) is 0 Å². The molecule has 0 saturated carbocycles. The molecule has 0 aliphatic rings. The first-order valence-electron chi connectivity index (χ1n) is 5.42. The Morgan fingerprint density at radius 2 is 2.00 bits per heavy atom. The Morgan fingerprint density at radius 3 is 2.50 bits per heavy atom. The predicted octanol–water partition coefficient (Wildman–Crippen LogP) is 3.99. The van der Waals surface area contributed by atoms with Gasteiger partial charge < -0.3 is 4.74 Å². The van der Waals surface area contributed by atoms with Crippen LogP contribution >= 0.6 is 11.6 Å². The van der Waals surface area contributed by atoms with E-state index < -0.39 is 0 Å². The molecule has 0 aliphatic carbocycles. The number of benzene rings is 1. The molecule has 0 aromatic heterocycles. The van der Waals surface area contributed by atoms with Crippen molar-refractivity contribution < 1.29 is 9.53 Å². The standard InChI is InChI=1S/C13H17ClO2/c1-9(2)8-13(16-10(3)15)11-6-4-5-7-12(11)14/h4-7,9,13H,8H2,1-3H3/t13-/m0/s1. The van der Waals surface area contributed by atoms with Crippen molar-refractivity contribution in [2.75, 3.05) is 0 Å². The normalized spacial score (nSPS) is 12.6. The zero-order chi connectivity index (χ0) is 12.1. The third-order valence-electron chi connectivity index (χ3n) is 2.25. The molecule has 0 amide bonds. The fourth-order valence-electron chi connectivity index (χ4n) is 1.60. The molecule has 3 heteroatoms. The summed E-state index contributed by atoms with van der Waals surface area (Å²) in [5.74, 6) is 0.172. The van der Waals surface area contributed by atoms with Crippen LogP contribution < -0.4 is 0 Å². The van der Waals surface area contributed by atoms with E-state index in [-0.39, 0.29) is 12.1 Å². The minimum absolute atomic E-state index is 0.244. The molecule has 0 aliphatic heterocycles. The van der Waals surface area contributed by atoms with Crippen LogP contribution in [0, 0.1) is 5.92 Å². The highest BCUT2D eigenvalue weighted by atomic mass is 35.5. The molecule has 1 aromatic rings. The van der Waals surface area contributed by atoms with Gasteiger partial charge >= 0.3 is 5.97 Å². The maximum absolute atomic E-state index is 11.1. The minimum Gasteiger partial charge on any atom is -0.458 e. The smallest absolute Gasteiger partial charge is 0.303 e. The maximum atomic E-state index is 11.1. The second-order valence-electron chi connectivity index (χ2n) is 4.25. The van der Waals surface area contributed by atoms with Crippen LogP contribution in [0.15, 0.2) is 24.3 Å². The molecule has 0 fully saturated rings. The van der Waals surface area contributed by atoms with Crippen molar-refractivity contribution in [3.63, 3.8) is 0 Å². The zero-order valence-electron chi connectivity index (χ0n) is 9.87. The van der Waals surface area contributed by atoms with Crippen LogP contribution in [0.5, 0.6) is 0 Å². The van der Waals surface area contributed by atoms with Gasteiger partial charge in [0.05, 0.1) is 0 Å². The number of hydrogen-bond acceptors (Lipinski definition) is 2. The summed E-state index contributed by atoms with van der Waals surface area (Å²) in [7, 11) is 0. The number of halogens is 1. The van der Waals surface area contributed by atoms with Gasteiger partial charge in [0.15, 0.2) is 0 Å². The van der Waals surface area contributed by atoms with E-state index in [1.807, 2.05) is 24.3 Å². The fraction of sp³-hybridized carbons (Fsp3) is 0.462. The summed E-state index contributed by atoms with van der Waals surface area (Å²) in [5, 5.41) is 0.648. The quantitative estimate of drug-likeness (QED) is 0.744. The molecule has 0 unspecified atom stereocenters. The second-order valence-corrected chi connectivity index (χ2v) is 4.66. The van der Waals surface area contributed by atoms with E-state index in [1.165, 1.54) is 6.92 Å². The Kier molecular flexibility index (Phi) is 4.81. The van der Waals surface area contributed by atoms with E-state index in [1.54, 1.807) is 0 Å². The van der Waals surface area contributed by atoms with Gasteiger partial charge in [0.1, 0.15) is 6.10 Å². The Bertz CT molecular complexity index is 361. The van der Waals surface area contributed by atoms with Crippen molar-refractivity contribution in [1.82, 2.24) is 0 Å². The lowest BCUT2D eigenvalue weighted by Gasteiger charge is -2.20. The summed E-state index contributed by atoms with van der Waals surface area (Å²) in [5.41, 5.74) is 0.882. The van der Waals surface area contributed by atoms with E-state index in [9.17, 15) is 4.79 Å². The van der Waals surface area contributed by atoms with E-state index in [2.05, 4.69) is 13.8 Å². The van der Waals surface area contributed by atoms with Crippen LogP contribution in [0.1, 0.15) is 38.9 Å². The van der Waals surface area contributed by atoms with Crippen molar-refractivity contribution in [2.45, 2.75) is 33.3 Å². The van der Waals surface area contributed by atoms with Gasteiger partial charge in [0.25, 0.3) is 0 Å².